The van der Waals surface area contributed by atoms with E-state index in [9.17, 15) is 0 Å². The van der Waals surface area contributed by atoms with Gasteiger partial charge in [-0.2, -0.15) is 0 Å². The van der Waals surface area contributed by atoms with Crippen molar-refractivity contribution in [3.05, 3.63) is 66.7 Å². The third-order valence-corrected chi connectivity index (χ3v) is 6.03. The van der Waals surface area contributed by atoms with Crippen molar-refractivity contribution in [1.29, 1.82) is 5.41 Å². The fourth-order valence-electron chi connectivity index (χ4n) is 4.35. The summed E-state index contributed by atoms with van der Waals surface area (Å²) in [5.41, 5.74) is 3.72. The minimum absolute atomic E-state index is 0.299. The van der Waals surface area contributed by atoms with Crippen LogP contribution in [0.1, 0.15) is 5.56 Å². The smallest absolute Gasteiger partial charge is 0.155 e. The SMILES string of the molecule is C=C/C(=C\C=NC=N)Oc1ccc(Nc2ncnc3ccc4c(c23)OC[C@H]2CN4CCN2)cc1C. The highest BCUT2D eigenvalue weighted by atomic mass is 16.5. The van der Waals surface area contributed by atoms with Gasteiger partial charge >= 0.3 is 0 Å². The molecule has 0 amide bonds. The maximum atomic E-state index is 6.97. The zero-order chi connectivity index (χ0) is 24.2. The average Bonchev–Trinajstić information content (AvgIpc) is 3.00. The quantitative estimate of drug-likeness (QED) is 0.208. The van der Waals surface area contributed by atoms with Crippen molar-refractivity contribution in [3.8, 4) is 11.5 Å². The van der Waals surface area contributed by atoms with Crippen LogP contribution in [0.15, 0.2) is 66.1 Å². The largest absolute Gasteiger partial charge is 0.489 e. The number of aryl methyl sites for hydroxylation is 1. The van der Waals surface area contributed by atoms with Gasteiger partial charge in [-0.25, -0.2) is 15.0 Å². The van der Waals surface area contributed by atoms with Gasteiger partial charge in [0.1, 0.15) is 36.6 Å². The first kappa shape index (κ1) is 22.5. The molecule has 2 aliphatic heterocycles. The fourth-order valence-corrected chi connectivity index (χ4v) is 4.35. The Labute approximate surface area is 203 Å². The minimum Gasteiger partial charge on any atom is -0.489 e. The van der Waals surface area contributed by atoms with Crippen molar-refractivity contribution in [3.63, 3.8) is 0 Å². The summed E-state index contributed by atoms with van der Waals surface area (Å²) in [5.74, 6) is 2.75. The topological polar surface area (TPSA) is 108 Å². The first-order valence-corrected chi connectivity index (χ1v) is 11.5. The molecular formula is C26H27N7O2. The molecule has 2 bridgehead atoms. The van der Waals surface area contributed by atoms with Gasteiger partial charge in [0.2, 0.25) is 0 Å². The Bertz CT molecular complexity index is 1330. The lowest BCUT2D eigenvalue weighted by Crippen LogP contribution is -2.51. The van der Waals surface area contributed by atoms with Gasteiger partial charge in [0.15, 0.2) is 5.75 Å². The number of allylic oxidation sites excluding steroid dienone is 2. The van der Waals surface area contributed by atoms with E-state index < -0.39 is 0 Å². The van der Waals surface area contributed by atoms with E-state index >= 15 is 0 Å². The Balaban J connectivity index is 1.46. The molecule has 0 aliphatic carbocycles. The highest BCUT2D eigenvalue weighted by molar-refractivity contribution is 6.00. The predicted molar refractivity (Wildman–Crippen MR) is 140 cm³/mol. The molecule has 1 saturated heterocycles. The molecule has 1 aromatic heterocycles. The van der Waals surface area contributed by atoms with E-state index in [1.54, 1.807) is 18.5 Å². The van der Waals surface area contributed by atoms with E-state index in [0.717, 1.165) is 59.6 Å². The maximum Gasteiger partial charge on any atom is 0.155 e. The zero-order valence-electron chi connectivity index (χ0n) is 19.5. The molecule has 2 aromatic carbocycles. The van der Waals surface area contributed by atoms with Crippen LogP contribution in [-0.2, 0) is 0 Å². The number of benzene rings is 2. The van der Waals surface area contributed by atoms with E-state index in [-0.39, 0.29) is 0 Å². The van der Waals surface area contributed by atoms with E-state index in [0.29, 0.717) is 30.0 Å². The number of ether oxygens (including phenoxy) is 2. The Kier molecular flexibility index (Phi) is 6.40. The summed E-state index contributed by atoms with van der Waals surface area (Å²) in [7, 11) is 0. The molecule has 1 atom stereocenters. The van der Waals surface area contributed by atoms with Gasteiger partial charge in [-0.15, -0.1) is 0 Å². The van der Waals surface area contributed by atoms with Gasteiger partial charge in [0.25, 0.3) is 0 Å². The van der Waals surface area contributed by atoms with E-state index in [4.69, 9.17) is 14.9 Å². The molecule has 178 valence electrons. The highest BCUT2D eigenvalue weighted by Gasteiger charge is 2.28. The lowest BCUT2D eigenvalue weighted by atomic mass is 10.1. The van der Waals surface area contributed by atoms with Crippen molar-refractivity contribution in [1.82, 2.24) is 15.3 Å². The maximum absolute atomic E-state index is 6.97. The second kappa shape index (κ2) is 9.94. The highest BCUT2D eigenvalue weighted by Crippen LogP contribution is 2.41. The molecule has 3 N–H and O–H groups in total. The minimum atomic E-state index is 0.299. The number of aliphatic imine (C=N–C) groups is 1. The summed E-state index contributed by atoms with van der Waals surface area (Å²) in [4.78, 5) is 15.2. The number of hydrogen-bond donors (Lipinski definition) is 3. The fraction of sp³-hybridized carbons (Fsp3) is 0.231. The second-order valence-corrected chi connectivity index (χ2v) is 8.35. The Morgan fingerprint density at radius 1 is 1.34 bits per heavy atom. The van der Waals surface area contributed by atoms with Crippen molar-refractivity contribution in [2.75, 3.05) is 36.5 Å². The molecule has 9 heteroatoms. The number of fused-ring (bicyclic) bond motifs is 6. The number of aromatic nitrogens is 2. The number of anilines is 3. The summed E-state index contributed by atoms with van der Waals surface area (Å²) in [5, 5.41) is 14.8. The molecule has 0 radical (unpaired) electrons. The van der Waals surface area contributed by atoms with Crippen LogP contribution in [0.2, 0.25) is 0 Å². The van der Waals surface area contributed by atoms with Crippen LogP contribution < -0.4 is 25.0 Å². The first-order chi connectivity index (χ1) is 17.2. The second-order valence-electron chi connectivity index (χ2n) is 8.35. The molecule has 0 spiro atoms. The first-order valence-electron chi connectivity index (χ1n) is 11.5. The number of nitrogens with zero attached hydrogens (tertiary/aromatic N) is 4. The summed E-state index contributed by atoms with van der Waals surface area (Å²) >= 11 is 0. The average molecular weight is 470 g/mol. The summed E-state index contributed by atoms with van der Waals surface area (Å²) in [6, 6.07) is 10.2. The van der Waals surface area contributed by atoms with Crippen molar-refractivity contribution >= 4 is 40.6 Å². The van der Waals surface area contributed by atoms with Crippen LogP contribution in [0.3, 0.4) is 0 Å². The number of nitrogens with one attached hydrogen (secondary N) is 3. The Morgan fingerprint density at radius 2 is 2.26 bits per heavy atom. The monoisotopic (exact) mass is 469 g/mol. The molecule has 3 heterocycles. The zero-order valence-corrected chi connectivity index (χ0v) is 19.5. The lowest BCUT2D eigenvalue weighted by molar-refractivity contribution is 0.273. The number of hydrogen-bond acceptors (Lipinski definition) is 8. The third-order valence-electron chi connectivity index (χ3n) is 6.03. The van der Waals surface area contributed by atoms with Gasteiger partial charge in [0.05, 0.1) is 22.6 Å². The number of rotatable bonds is 7. The van der Waals surface area contributed by atoms with E-state index in [2.05, 4.69) is 43.1 Å². The molecule has 2 aliphatic rings. The van der Waals surface area contributed by atoms with Crippen LogP contribution in [-0.4, -0.2) is 54.8 Å². The van der Waals surface area contributed by atoms with Gasteiger partial charge in [-0.05, 0) is 55.0 Å². The summed E-state index contributed by atoms with van der Waals surface area (Å²) in [6.45, 7) is 9.14. The number of piperazine rings is 1. The van der Waals surface area contributed by atoms with Gasteiger partial charge < -0.3 is 25.0 Å². The molecule has 1 fully saturated rings. The van der Waals surface area contributed by atoms with Crippen molar-refractivity contribution < 1.29 is 9.47 Å². The molecular weight excluding hydrogens is 442 g/mol. The molecule has 35 heavy (non-hydrogen) atoms. The lowest BCUT2D eigenvalue weighted by Gasteiger charge is -2.32. The standard InChI is InChI=1S/C26H27N7O2/c1-3-20(8-9-28-15-27)35-23-7-4-18(12-17(23)2)32-26-24-21(30-16-31-26)5-6-22-25(24)34-14-19-13-33(22)11-10-29-19/h3-9,12,15-16,19,27,29H,1,10-11,13-14H2,2H3,(H,30,31,32)/b20-8+,27-15?,28-9?/t19-/m1/s1. The van der Waals surface area contributed by atoms with Crippen LogP contribution in [0.25, 0.3) is 10.9 Å². The van der Waals surface area contributed by atoms with E-state index in [1.165, 1.54) is 6.21 Å². The van der Waals surface area contributed by atoms with Gasteiger partial charge in [-0.1, -0.05) is 6.58 Å². The van der Waals surface area contributed by atoms with Crippen LogP contribution in [0.5, 0.6) is 11.5 Å². The molecule has 0 saturated carbocycles. The summed E-state index contributed by atoms with van der Waals surface area (Å²) in [6.07, 6.45) is 7.27. The van der Waals surface area contributed by atoms with E-state index in [1.807, 2.05) is 31.2 Å². The summed E-state index contributed by atoms with van der Waals surface area (Å²) < 4.78 is 12.2. The molecule has 3 aromatic rings. The van der Waals surface area contributed by atoms with Crippen LogP contribution >= 0.6 is 0 Å². The van der Waals surface area contributed by atoms with Gasteiger partial charge in [-0.3, -0.25) is 5.41 Å². The van der Waals surface area contributed by atoms with Gasteiger partial charge in [0, 0.05) is 31.5 Å². The van der Waals surface area contributed by atoms with Crippen molar-refractivity contribution in [2.45, 2.75) is 13.0 Å². The normalized spacial score (nSPS) is 17.5. The van der Waals surface area contributed by atoms with Crippen LogP contribution in [0, 0.1) is 12.3 Å². The molecule has 5 rings (SSSR count). The molecule has 9 nitrogen and oxygen atoms in total. The Hall–Kier alpha value is -4.24. The van der Waals surface area contributed by atoms with Crippen molar-refractivity contribution in [2.24, 2.45) is 4.99 Å². The predicted octanol–water partition coefficient (Wildman–Crippen LogP) is 3.98. The Morgan fingerprint density at radius 3 is 3.09 bits per heavy atom. The third kappa shape index (κ3) is 4.71. The van der Waals surface area contributed by atoms with Crippen LogP contribution in [0.4, 0.5) is 17.2 Å². The molecule has 0 unspecified atom stereocenters.